The molecule has 28 heavy (non-hydrogen) atoms. The third kappa shape index (κ3) is 3.88. The Bertz CT molecular complexity index is 850. The summed E-state index contributed by atoms with van der Waals surface area (Å²) in [6.07, 6.45) is 4.50. The topological polar surface area (TPSA) is 64.6 Å². The first-order valence-corrected chi connectivity index (χ1v) is 9.82. The fourth-order valence-corrected chi connectivity index (χ4v) is 3.84. The molecule has 1 aromatic carbocycles. The Morgan fingerprint density at radius 3 is 2.86 bits per heavy atom. The third-order valence-corrected chi connectivity index (χ3v) is 5.02. The number of dihydropyridines is 1. The van der Waals surface area contributed by atoms with Crippen LogP contribution in [0.4, 0.5) is 0 Å². The molecule has 1 aliphatic carbocycles. The van der Waals surface area contributed by atoms with Crippen molar-refractivity contribution in [1.82, 2.24) is 5.32 Å². The molecule has 1 aromatic rings. The zero-order chi connectivity index (χ0) is 20.1. The van der Waals surface area contributed by atoms with Crippen molar-refractivity contribution in [1.29, 1.82) is 0 Å². The number of hydrogen-bond donors (Lipinski definition) is 1. The Morgan fingerprint density at radius 1 is 1.32 bits per heavy atom. The molecular weight excluding hydrogens is 354 g/mol. The zero-order valence-corrected chi connectivity index (χ0v) is 16.5. The molecule has 148 valence electrons. The predicted octanol–water partition coefficient (Wildman–Crippen LogP) is 4.17. The Labute approximate surface area is 166 Å². The van der Waals surface area contributed by atoms with Crippen LogP contribution in [0.5, 0.6) is 5.75 Å². The first kappa shape index (κ1) is 19.9. The maximum absolute atomic E-state index is 12.9. The predicted molar refractivity (Wildman–Crippen MR) is 108 cm³/mol. The van der Waals surface area contributed by atoms with Crippen LogP contribution < -0.4 is 10.1 Å². The van der Waals surface area contributed by atoms with Gasteiger partial charge in [-0.2, -0.15) is 0 Å². The zero-order valence-electron chi connectivity index (χ0n) is 16.5. The molecule has 0 radical (unpaired) electrons. The maximum atomic E-state index is 12.9. The van der Waals surface area contributed by atoms with Crippen molar-refractivity contribution in [3.63, 3.8) is 0 Å². The molecule has 0 amide bonds. The fraction of sp³-hybridized carbons (Fsp3) is 0.391. The van der Waals surface area contributed by atoms with Gasteiger partial charge in [-0.1, -0.05) is 37.8 Å². The number of ether oxygens (including phenoxy) is 2. The van der Waals surface area contributed by atoms with Crippen LogP contribution in [0.1, 0.15) is 51.0 Å². The Balaban J connectivity index is 2.14. The quantitative estimate of drug-likeness (QED) is 0.567. The van der Waals surface area contributed by atoms with E-state index in [9.17, 15) is 9.59 Å². The number of nitrogens with one attached hydrogen (secondary N) is 1. The number of allylic oxidation sites excluding steroid dienone is 3. The monoisotopic (exact) mass is 381 g/mol. The summed E-state index contributed by atoms with van der Waals surface area (Å²) in [7, 11) is 0. The first-order valence-electron chi connectivity index (χ1n) is 9.82. The molecule has 0 saturated carbocycles. The largest absolute Gasteiger partial charge is 0.493 e. The highest BCUT2D eigenvalue weighted by Gasteiger charge is 2.40. The highest BCUT2D eigenvalue weighted by Crippen LogP contribution is 2.45. The molecule has 1 aliphatic heterocycles. The minimum Gasteiger partial charge on any atom is -0.493 e. The average Bonchev–Trinajstić information content (AvgIpc) is 2.70. The van der Waals surface area contributed by atoms with Gasteiger partial charge in [0.05, 0.1) is 18.1 Å². The smallest absolute Gasteiger partial charge is 0.337 e. The lowest BCUT2D eigenvalue weighted by Gasteiger charge is -2.34. The van der Waals surface area contributed by atoms with E-state index < -0.39 is 11.9 Å². The van der Waals surface area contributed by atoms with Crippen LogP contribution in [0.15, 0.2) is 59.5 Å². The van der Waals surface area contributed by atoms with Gasteiger partial charge in [0, 0.05) is 29.0 Å². The standard InChI is InChI=1S/C23H27NO4/c1-4-13-27-19-12-7-6-9-16(19)21-20(23(26)28-14-5-2)15(3)24-17-10-8-11-18(25)22(17)21/h5-7,9,12,21,24H,2,4,8,10-11,13-14H2,1,3H3/t21-/m1/s1. The number of esters is 1. The summed E-state index contributed by atoms with van der Waals surface area (Å²) in [5.74, 6) is -0.159. The molecule has 0 bridgehead atoms. The second kappa shape index (κ2) is 8.91. The van der Waals surface area contributed by atoms with Gasteiger partial charge in [0.15, 0.2) is 5.78 Å². The van der Waals surface area contributed by atoms with Gasteiger partial charge >= 0.3 is 5.97 Å². The molecular formula is C23H27NO4. The van der Waals surface area contributed by atoms with E-state index in [1.165, 1.54) is 6.08 Å². The molecule has 0 spiro atoms. The van der Waals surface area contributed by atoms with Crippen molar-refractivity contribution >= 4 is 11.8 Å². The minimum atomic E-state index is -0.491. The van der Waals surface area contributed by atoms with Gasteiger partial charge in [0.2, 0.25) is 0 Å². The van der Waals surface area contributed by atoms with Crippen molar-refractivity contribution in [2.45, 2.75) is 45.4 Å². The van der Waals surface area contributed by atoms with Gasteiger partial charge in [-0.15, -0.1) is 0 Å². The number of carbonyl (C=O) groups excluding carboxylic acids is 2. The van der Waals surface area contributed by atoms with E-state index in [0.717, 1.165) is 36.2 Å². The summed E-state index contributed by atoms with van der Waals surface area (Å²) in [5, 5.41) is 3.29. The number of ketones is 1. The number of carbonyl (C=O) groups is 2. The first-order chi connectivity index (χ1) is 13.6. The normalized spacial score (nSPS) is 19.1. The van der Waals surface area contributed by atoms with E-state index in [2.05, 4.69) is 11.9 Å². The molecule has 0 aromatic heterocycles. The van der Waals surface area contributed by atoms with Crippen LogP contribution in [-0.2, 0) is 14.3 Å². The van der Waals surface area contributed by atoms with Gasteiger partial charge < -0.3 is 14.8 Å². The summed E-state index contributed by atoms with van der Waals surface area (Å²) >= 11 is 0. The molecule has 1 heterocycles. The van der Waals surface area contributed by atoms with E-state index in [0.29, 0.717) is 29.9 Å². The summed E-state index contributed by atoms with van der Waals surface area (Å²) < 4.78 is 11.3. The molecule has 1 atom stereocenters. The molecule has 5 heteroatoms. The van der Waals surface area contributed by atoms with E-state index in [1.54, 1.807) is 0 Å². The highest BCUT2D eigenvalue weighted by atomic mass is 16.5. The molecule has 0 fully saturated rings. The van der Waals surface area contributed by atoms with Gasteiger partial charge in [-0.3, -0.25) is 4.79 Å². The van der Waals surface area contributed by atoms with Gasteiger partial charge in [-0.05, 0) is 32.3 Å². The molecule has 1 N–H and O–H groups in total. The summed E-state index contributed by atoms with van der Waals surface area (Å²) in [5.41, 5.74) is 3.57. The Morgan fingerprint density at radius 2 is 2.11 bits per heavy atom. The summed E-state index contributed by atoms with van der Waals surface area (Å²) in [4.78, 5) is 25.8. The third-order valence-electron chi connectivity index (χ3n) is 5.02. The summed E-state index contributed by atoms with van der Waals surface area (Å²) in [6, 6.07) is 7.63. The lowest BCUT2D eigenvalue weighted by molar-refractivity contribution is -0.138. The van der Waals surface area contributed by atoms with E-state index in [4.69, 9.17) is 9.47 Å². The van der Waals surface area contributed by atoms with Crippen LogP contribution in [-0.4, -0.2) is 25.0 Å². The SMILES string of the molecule is C=CCOC(=O)C1=C(C)NC2=C(C(=O)CCC2)[C@@H]1c1ccccc1OCCC. The van der Waals surface area contributed by atoms with Gasteiger partial charge in [-0.25, -0.2) is 4.79 Å². The number of Topliss-reactive ketones (excluding diaryl/α,β-unsaturated/α-hetero) is 1. The molecule has 2 aliphatic rings. The molecule has 0 saturated heterocycles. The molecule has 0 unspecified atom stereocenters. The fourth-order valence-electron chi connectivity index (χ4n) is 3.84. The van der Waals surface area contributed by atoms with Crippen molar-refractivity contribution in [3.8, 4) is 5.75 Å². The maximum Gasteiger partial charge on any atom is 0.337 e. The number of rotatable bonds is 7. The minimum absolute atomic E-state index is 0.0746. The van der Waals surface area contributed by atoms with Crippen molar-refractivity contribution < 1.29 is 19.1 Å². The van der Waals surface area contributed by atoms with Crippen LogP contribution in [0.25, 0.3) is 0 Å². The average molecular weight is 381 g/mol. The number of para-hydroxylation sites is 1. The summed E-state index contributed by atoms with van der Waals surface area (Å²) in [6.45, 7) is 8.20. The van der Waals surface area contributed by atoms with Gasteiger partial charge in [0.25, 0.3) is 0 Å². The van der Waals surface area contributed by atoms with Crippen LogP contribution in [0.3, 0.4) is 0 Å². The number of hydrogen-bond acceptors (Lipinski definition) is 5. The van der Waals surface area contributed by atoms with E-state index in [-0.39, 0.29) is 12.4 Å². The second-order valence-corrected chi connectivity index (χ2v) is 7.04. The van der Waals surface area contributed by atoms with E-state index >= 15 is 0 Å². The second-order valence-electron chi connectivity index (χ2n) is 7.04. The highest BCUT2D eigenvalue weighted by molar-refractivity contribution is 6.04. The Hall–Kier alpha value is -2.82. The lowest BCUT2D eigenvalue weighted by Crippen LogP contribution is -2.34. The molecule has 3 rings (SSSR count). The van der Waals surface area contributed by atoms with Crippen LogP contribution in [0.2, 0.25) is 0 Å². The number of benzene rings is 1. The van der Waals surface area contributed by atoms with Crippen molar-refractivity contribution in [2.24, 2.45) is 0 Å². The van der Waals surface area contributed by atoms with E-state index in [1.807, 2.05) is 38.1 Å². The lowest BCUT2D eigenvalue weighted by atomic mass is 9.75. The molecule has 5 nitrogen and oxygen atoms in total. The van der Waals surface area contributed by atoms with Crippen molar-refractivity contribution in [2.75, 3.05) is 13.2 Å². The van der Waals surface area contributed by atoms with Crippen molar-refractivity contribution in [3.05, 3.63) is 65.0 Å². The Kier molecular flexibility index (Phi) is 6.34. The van der Waals surface area contributed by atoms with Crippen LogP contribution in [0, 0.1) is 0 Å². The van der Waals surface area contributed by atoms with Crippen LogP contribution >= 0.6 is 0 Å². The van der Waals surface area contributed by atoms with Gasteiger partial charge in [0.1, 0.15) is 12.4 Å².